The van der Waals surface area contributed by atoms with E-state index in [-0.39, 0.29) is 12.8 Å². The zero-order valence-corrected chi connectivity index (χ0v) is 14.9. The average molecular weight is 342 g/mol. The van der Waals surface area contributed by atoms with Crippen molar-refractivity contribution < 1.29 is 26.4 Å². The Labute approximate surface area is 132 Å². The van der Waals surface area contributed by atoms with Crippen LogP contribution in [0.25, 0.3) is 0 Å². The van der Waals surface area contributed by atoms with Crippen molar-refractivity contribution in [2.75, 3.05) is 19.8 Å². The maximum atomic E-state index is 12.7. The van der Waals surface area contributed by atoms with Crippen LogP contribution in [0.5, 0.6) is 0 Å². The Balaban J connectivity index is 2.48. The van der Waals surface area contributed by atoms with Crippen LogP contribution < -0.4 is 0 Å². The summed E-state index contributed by atoms with van der Waals surface area (Å²) >= 11 is 0. The maximum absolute atomic E-state index is 12.7. The highest BCUT2D eigenvalue weighted by Gasteiger charge is 2.43. The van der Waals surface area contributed by atoms with Crippen LogP contribution in [0, 0.1) is 11.8 Å². The van der Waals surface area contributed by atoms with Crippen LogP contribution in [-0.4, -0.2) is 34.8 Å². The molecule has 0 atom stereocenters. The van der Waals surface area contributed by atoms with E-state index in [1.165, 1.54) is 0 Å². The monoisotopic (exact) mass is 342 g/mol. The SMILES string of the molecule is CCO[Si](CCC1CCC(C(F)(F)F)CC1)(OCC)OCC. The summed E-state index contributed by atoms with van der Waals surface area (Å²) in [6, 6.07) is 0.698. The first-order valence-electron chi connectivity index (χ1n) is 8.35. The van der Waals surface area contributed by atoms with Gasteiger partial charge in [-0.15, -0.1) is 0 Å². The third kappa shape index (κ3) is 6.18. The van der Waals surface area contributed by atoms with Crippen LogP contribution in [0.2, 0.25) is 6.04 Å². The van der Waals surface area contributed by atoms with Gasteiger partial charge in [-0.1, -0.05) is 0 Å². The molecule has 132 valence electrons. The summed E-state index contributed by atoms with van der Waals surface area (Å²) in [7, 11) is -2.66. The van der Waals surface area contributed by atoms with Crippen LogP contribution in [0.4, 0.5) is 13.2 Å². The fourth-order valence-corrected chi connectivity index (χ4v) is 5.92. The Morgan fingerprint density at radius 3 is 1.68 bits per heavy atom. The third-order valence-electron chi connectivity index (χ3n) is 4.26. The Hall–Kier alpha value is -0.113. The molecule has 7 heteroatoms. The molecule has 1 aliphatic carbocycles. The highest BCUT2D eigenvalue weighted by Crippen LogP contribution is 2.41. The zero-order chi connectivity index (χ0) is 16.6. The summed E-state index contributed by atoms with van der Waals surface area (Å²) in [4.78, 5) is 0. The van der Waals surface area contributed by atoms with Gasteiger partial charge < -0.3 is 13.3 Å². The largest absolute Gasteiger partial charge is 0.500 e. The Bertz CT molecular complexity index is 288. The van der Waals surface area contributed by atoms with Crippen molar-refractivity contribution in [3.8, 4) is 0 Å². The molecule has 0 unspecified atom stereocenters. The maximum Gasteiger partial charge on any atom is 0.500 e. The highest BCUT2D eigenvalue weighted by molar-refractivity contribution is 6.60. The molecule has 0 radical (unpaired) electrons. The second kappa shape index (κ2) is 9.25. The number of rotatable bonds is 9. The molecule has 0 saturated heterocycles. The van der Waals surface area contributed by atoms with Crippen LogP contribution >= 0.6 is 0 Å². The van der Waals surface area contributed by atoms with Crippen molar-refractivity contribution in [1.29, 1.82) is 0 Å². The number of hydrogen-bond donors (Lipinski definition) is 0. The Kier molecular flexibility index (Phi) is 8.38. The quantitative estimate of drug-likeness (QED) is 0.564. The molecule has 0 aromatic heterocycles. The third-order valence-corrected chi connectivity index (χ3v) is 7.35. The normalized spacial score (nSPS) is 23.7. The average Bonchev–Trinajstić information content (AvgIpc) is 2.45. The zero-order valence-electron chi connectivity index (χ0n) is 13.9. The smallest absolute Gasteiger partial charge is 0.374 e. The fourth-order valence-electron chi connectivity index (χ4n) is 3.16. The molecule has 1 fully saturated rings. The van der Waals surface area contributed by atoms with E-state index in [0.29, 0.717) is 44.6 Å². The first-order valence-corrected chi connectivity index (χ1v) is 10.3. The molecule has 0 bridgehead atoms. The number of hydrogen-bond acceptors (Lipinski definition) is 3. The summed E-state index contributed by atoms with van der Waals surface area (Å²) in [6.07, 6.45) is -1.43. The molecule has 0 spiro atoms. The molecule has 0 aromatic rings. The summed E-state index contributed by atoms with van der Waals surface area (Å²) in [5, 5.41) is 0. The standard InChI is InChI=1S/C15H29F3O3Si/c1-4-19-22(20-5-2,21-6-3)12-11-13-7-9-14(10-8-13)15(16,17)18/h13-14H,4-12H2,1-3H3. The molecule has 0 heterocycles. The van der Waals surface area contributed by atoms with E-state index < -0.39 is 20.9 Å². The number of alkyl halides is 3. The molecule has 3 nitrogen and oxygen atoms in total. The Morgan fingerprint density at radius 1 is 0.864 bits per heavy atom. The van der Waals surface area contributed by atoms with Crippen LogP contribution in [0.15, 0.2) is 0 Å². The summed E-state index contributed by atoms with van der Waals surface area (Å²) in [5.74, 6) is -0.789. The Morgan fingerprint density at radius 2 is 1.32 bits per heavy atom. The lowest BCUT2D eigenvalue weighted by atomic mass is 9.80. The van der Waals surface area contributed by atoms with E-state index >= 15 is 0 Å². The molecule has 0 N–H and O–H groups in total. The second-order valence-corrected chi connectivity index (χ2v) is 8.51. The molecular weight excluding hydrogens is 313 g/mol. The van der Waals surface area contributed by atoms with Crippen LogP contribution in [-0.2, 0) is 13.3 Å². The minimum Gasteiger partial charge on any atom is -0.374 e. The van der Waals surface area contributed by atoms with Gasteiger partial charge in [0.1, 0.15) is 0 Å². The topological polar surface area (TPSA) is 27.7 Å². The molecule has 0 amide bonds. The molecule has 1 aliphatic rings. The number of halogens is 3. The lowest BCUT2D eigenvalue weighted by Gasteiger charge is -2.33. The molecule has 1 rings (SSSR count). The summed E-state index contributed by atoms with van der Waals surface area (Å²) in [5.41, 5.74) is 0. The van der Waals surface area contributed by atoms with Crippen LogP contribution in [0.3, 0.4) is 0 Å². The van der Waals surface area contributed by atoms with Gasteiger partial charge in [0.05, 0.1) is 5.92 Å². The minimum absolute atomic E-state index is 0.251. The van der Waals surface area contributed by atoms with Crippen molar-refractivity contribution in [2.45, 2.75) is 65.1 Å². The molecule has 22 heavy (non-hydrogen) atoms. The van der Waals surface area contributed by atoms with Gasteiger partial charge in [0.25, 0.3) is 0 Å². The first kappa shape index (κ1) is 19.9. The van der Waals surface area contributed by atoms with Gasteiger partial charge in [0, 0.05) is 25.9 Å². The second-order valence-electron chi connectivity index (χ2n) is 5.78. The van der Waals surface area contributed by atoms with E-state index in [1.54, 1.807) is 0 Å². The van der Waals surface area contributed by atoms with Gasteiger partial charge in [-0.3, -0.25) is 0 Å². The van der Waals surface area contributed by atoms with Gasteiger partial charge in [0.2, 0.25) is 0 Å². The van der Waals surface area contributed by atoms with Gasteiger partial charge in [0.15, 0.2) is 0 Å². The first-order chi connectivity index (χ1) is 10.4. The van der Waals surface area contributed by atoms with Gasteiger partial charge in [-0.05, 0) is 58.8 Å². The van der Waals surface area contributed by atoms with Crippen molar-refractivity contribution in [3.63, 3.8) is 0 Å². The van der Waals surface area contributed by atoms with E-state index in [0.717, 1.165) is 6.42 Å². The predicted octanol–water partition coefficient (Wildman–Crippen LogP) is 4.79. The van der Waals surface area contributed by atoms with Crippen molar-refractivity contribution in [2.24, 2.45) is 11.8 Å². The predicted molar refractivity (Wildman–Crippen MR) is 81.6 cm³/mol. The fraction of sp³-hybridized carbons (Fsp3) is 1.00. The van der Waals surface area contributed by atoms with E-state index in [1.807, 2.05) is 20.8 Å². The van der Waals surface area contributed by atoms with Crippen molar-refractivity contribution in [3.05, 3.63) is 0 Å². The van der Waals surface area contributed by atoms with Gasteiger partial charge in [-0.25, -0.2) is 0 Å². The van der Waals surface area contributed by atoms with E-state index in [2.05, 4.69) is 0 Å². The minimum atomic E-state index is -4.04. The van der Waals surface area contributed by atoms with Gasteiger partial charge in [-0.2, -0.15) is 13.2 Å². The van der Waals surface area contributed by atoms with Crippen LogP contribution in [0.1, 0.15) is 52.9 Å². The van der Waals surface area contributed by atoms with E-state index in [4.69, 9.17) is 13.3 Å². The summed E-state index contributed by atoms with van der Waals surface area (Å²) < 4.78 is 55.4. The van der Waals surface area contributed by atoms with E-state index in [9.17, 15) is 13.2 Å². The lowest BCUT2D eigenvalue weighted by Crippen LogP contribution is -2.46. The molecular formula is C15H29F3O3Si. The summed E-state index contributed by atoms with van der Waals surface area (Å²) in [6.45, 7) is 7.34. The molecule has 0 aromatic carbocycles. The van der Waals surface area contributed by atoms with Gasteiger partial charge >= 0.3 is 15.0 Å². The van der Waals surface area contributed by atoms with Crippen molar-refractivity contribution in [1.82, 2.24) is 0 Å². The molecule has 0 aliphatic heterocycles. The lowest BCUT2D eigenvalue weighted by molar-refractivity contribution is -0.184. The van der Waals surface area contributed by atoms with Crippen molar-refractivity contribution >= 4 is 8.80 Å². The highest BCUT2D eigenvalue weighted by atomic mass is 28.4. The molecule has 1 saturated carbocycles.